The number of carbonyl (C=O) groups is 1. The second-order valence-corrected chi connectivity index (χ2v) is 5.70. The van der Waals surface area contributed by atoms with Crippen molar-refractivity contribution in [3.05, 3.63) is 21.3 Å². The maximum atomic E-state index is 11.6. The molecule has 3 N–H and O–H groups in total. The third kappa shape index (κ3) is 6.77. The van der Waals surface area contributed by atoms with Gasteiger partial charge in [0.05, 0.1) is 23.6 Å². The van der Waals surface area contributed by atoms with E-state index in [2.05, 4.69) is 10.6 Å². The van der Waals surface area contributed by atoms with Crippen molar-refractivity contribution in [1.82, 2.24) is 10.6 Å². The van der Waals surface area contributed by atoms with Gasteiger partial charge in [0.2, 0.25) is 0 Å². The quantitative estimate of drug-likeness (QED) is 0.645. The molecule has 0 radical (unpaired) electrons. The number of aliphatic hydroxyl groups is 1. The summed E-state index contributed by atoms with van der Waals surface area (Å²) in [7, 11) is 0. The minimum Gasteiger partial charge on any atom is -0.394 e. The topological polar surface area (TPSA) is 70.6 Å². The first-order valence-electron chi connectivity index (χ1n) is 6.11. The normalized spacial score (nSPS) is 12.2. The fourth-order valence-electron chi connectivity index (χ4n) is 1.42. The second kappa shape index (κ2) is 9.14. The van der Waals surface area contributed by atoms with Gasteiger partial charge in [0, 0.05) is 18.0 Å². The molecule has 1 aromatic rings. The van der Waals surface area contributed by atoms with Crippen molar-refractivity contribution in [2.24, 2.45) is 0 Å². The molecule has 2 amide bonds. The molecule has 1 unspecified atom stereocenters. The Kier molecular flexibility index (Phi) is 7.81. The summed E-state index contributed by atoms with van der Waals surface area (Å²) < 4.78 is 5.80. The number of nitrogens with one attached hydrogen (secondary N) is 2. The van der Waals surface area contributed by atoms with Gasteiger partial charge in [-0.15, -0.1) is 11.3 Å². The SMILES string of the molecule is CC(NC(=O)NCCCOCCO)c1ccc(Cl)s1. The Hall–Kier alpha value is -0.820. The predicted octanol–water partition coefficient (Wildman–Crippen LogP) is 2.16. The predicted molar refractivity (Wildman–Crippen MR) is 76.8 cm³/mol. The van der Waals surface area contributed by atoms with Crippen LogP contribution in [0.3, 0.4) is 0 Å². The van der Waals surface area contributed by atoms with Crippen LogP contribution in [0.15, 0.2) is 12.1 Å². The summed E-state index contributed by atoms with van der Waals surface area (Å²) >= 11 is 7.30. The van der Waals surface area contributed by atoms with E-state index in [1.165, 1.54) is 11.3 Å². The Labute approximate surface area is 121 Å². The van der Waals surface area contributed by atoms with E-state index in [1.54, 1.807) is 0 Å². The molecule has 0 aromatic carbocycles. The molecule has 7 heteroatoms. The Morgan fingerprint density at radius 2 is 2.32 bits per heavy atom. The average molecular weight is 307 g/mol. The Morgan fingerprint density at radius 3 is 2.95 bits per heavy atom. The summed E-state index contributed by atoms with van der Waals surface area (Å²) in [4.78, 5) is 12.6. The van der Waals surface area contributed by atoms with Crippen LogP contribution >= 0.6 is 22.9 Å². The monoisotopic (exact) mass is 306 g/mol. The highest BCUT2D eigenvalue weighted by Gasteiger charge is 2.10. The second-order valence-electron chi connectivity index (χ2n) is 3.95. The van der Waals surface area contributed by atoms with Crippen LogP contribution in [0.2, 0.25) is 4.34 Å². The first-order valence-corrected chi connectivity index (χ1v) is 7.31. The molecule has 0 aliphatic heterocycles. The van der Waals surface area contributed by atoms with E-state index >= 15 is 0 Å². The molecule has 1 aromatic heterocycles. The maximum Gasteiger partial charge on any atom is 0.315 e. The molecule has 1 atom stereocenters. The summed E-state index contributed by atoms with van der Waals surface area (Å²) in [6, 6.07) is 3.44. The molecule has 0 fully saturated rings. The van der Waals surface area contributed by atoms with E-state index in [4.69, 9.17) is 21.4 Å². The zero-order chi connectivity index (χ0) is 14.1. The van der Waals surface area contributed by atoms with Gasteiger partial charge in [0.15, 0.2) is 0 Å². The van der Waals surface area contributed by atoms with Gasteiger partial charge in [-0.1, -0.05) is 11.6 Å². The van der Waals surface area contributed by atoms with E-state index in [9.17, 15) is 4.79 Å². The van der Waals surface area contributed by atoms with Gasteiger partial charge in [-0.25, -0.2) is 4.79 Å². The number of halogens is 1. The van der Waals surface area contributed by atoms with E-state index in [0.717, 1.165) is 4.88 Å². The third-order valence-electron chi connectivity index (χ3n) is 2.35. The van der Waals surface area contributed by atoms with E-state index in [0.29, 0.717) is 30.5 Å². The zero-order valence-electron chi connectivity index (χ0n) is 10.8. The third-order valence-corrected chi connectivity index (χ3v) is 3.77. The summed E-state index contributed by atoms with van der Waals surface area (Å²) in [6.07, 6.45) is 0.715. The standard InChI is InChI=1S/C12H19ClN2O3S/c1-9(10-3-4-11(13)19-10)15-12(17)14-5-2-7-18-8-6-16/h3-4,9,16H,2,5-8H2,1H3,(H2,14,15,17). The summed E-state index contributed by atoms with van der Waals surface area (Å²) in [5.41, 5.74) is 0. The molecule has 0 saturated carbocycles. The van der Waals surface area contributed by atoms with Crippen LogP contribution in [0.25, 0.3) is 0 Å². The molecule has 0 aliphatic rings. The van der Waals surface area contributed by atoms with Gasteiger partial charge in [-0.2, -0.15) is 0 Å². The lowest BCUT2D eigenvalue weighted by Gasteiger charge is -2.13. The highest BCUT2D eigenvalue weighted by Crippen LogP contribution is 2.26. The summed E-state index contributed by atoms with van der Waals surface area (Å²) in [6.45, 7) is 3.33. The highest BCUT2D eigenvalue weighted by atomic mass is 35.5. The van der Waals surface area contributed by atoms with Crippen LogP contribution in [0.5, 0.6) is 0 Å². The molecule has 0 aliphatic carbocycles. The van der Waals surface area contributed by atoms with Crippen molar-refractivity contribution in [2.45, 2.75) is 19.4 Å². The van der Waals surface area contributed by atoms with Crippen LogP contribution in [0, 0.1) is 0 Å². The number of carbonyl (C=O) groups excluding carboxylic acids is 1. The van der Waals surface area contributed by atoms with E-state index in [1.807, 2.05) is 19.1 Å². The van der Waals surface area contributed by atoms with Crippen molar-refractivity contribution in [3.63, 3.8) is 0 Å². The fourth-order valence-corrected chi connectivity index (χ4v) is 2.49. The van der Waals surface area contributed by atoms with Crippen LogP contribution in [0.4, 0.5) is 4.79 Å². The smallest absolute Gasteiger partial charge is 0.315 e. The Balaban J connectivity index is 2.13. The number of thiophene rings is 1. The average Bonchev–Trinajstić information content (AvgIpc) is 2.80. The molecule has 1 rings (SSSR count). The summed E-state index contributed by atoms with van der Waals surface area (Å²) in [5, 5.41) is 14.1. The molecule has 5 nitrogen and oxygen atoms in total. The number of aliphatic hydroxyl groups excluding tert-OH is 1. The van der Waals surface area contributed by atoms with Crippen molar-refractivity contribution in [2.75, 3.05) is 26.4 Å². The number of amides is 2. The minimum absolute atomic E-state index is 0.0226. The lowest BCUT2D eigenvalue weighted by Crippen LogP contribution is -2.37. The van der Waals surface area contributed by atoms with Gasteiger partial charge in [0.1, 0.15) is 0 Å². The molecule has 108 valence electrons. The Bertz CT molecular complexity index is 387. The van der Waals surface area contributed by atoms with Crippen molar-refractivity contribution < 1.29 is 14.6 Å². The van der Waals surface area contributed by atoms with Crippen molar-refractivity contribution in [1.29, 1.82) is 0 Å². The van der Waals surface area contributed by atoms with E-state index < -0.39 is 0 Å². The van der Waals surface area contributed by atoms with E-state index in [-0.39, 0.29) is 18.7 Å². The van der Waals surface area contributed by atoms with Crippen molar-refractivity contribution >= 4 is 29.0 Å². The lowest BCUT2D eigenvalue weighted by atomic mass is 10.3. The van der Waals surface area contributed by atoms with Crippen LogP contribution in [-0.4, -0.2) is 37.5 Å². The molecular weight excluding hydrogens is 288 g/mol. The van der Waals surface area contributed by atoms with Crippen molar-refractivity contribution in [3.8, 4) is 0 Å². The molecule has 0 bridgehead atoms. The lowest BCUT2D eigenvalue weighted by molar-refractivity contribution is 0.0909. The number of hydrogen-bond donors (Lipinski definition) is 3. The van der Waals surface area contributed by atoms with Gasteiger partial charge >= 0.3 is 6.03 Å². The summed E-state index contributed by atoms with van der Waals surface area (Å²) in [5.74, 6) is 0. The number of urea groups is 1. The molecule has 0 spiro atoms. The van der Waals surface area contributed by atoms with Gasteiger partial charge in [-0.3, -0.25) is 0 Å². The van der Waals surface area contributed by atoms with Crippen LogP contribution < -0.4 is 10.6 Å². The molecule has 0 saturated heterocycles. The fraction of sp³-hybridized carbons (Fsp3) is 0.583. The molecular formula is C12H19ClN2O3S. The number of hydrogen-bond acceptors (Lipinski definition) is 4. The number of rotatable bonds is 8. The first-order chi connectivity index (χ1) is 9.13. The van der Waals surface area contributed by atoms with Gasteiger partial charge in [0.25, 0.3) is 0 Å². The largest absolute Gasteiger partial charge is 0.394 e. The van der Waals surface area contributed by atoms with Gasteiger partial charge in [-0.05, 0) is 25.5 Å². The Morgan fingerprint density at radius 1 is 1.53 bits per heavy atom. The van der Waals surface area contributed by atoms with Crippen LogP contribution in [0.1, 0.15) is 24.3 Å². The minimum atomic E-state index is -0.209. The maximum absolute atomic E-state index is 11.6. The zero-order valence-corrected chi connectivity index (χ0v) is 12.4. The molecule has 19 heavy (non-hydrogen) atoms. The number of ether oxygens (including phenoxy) is 1. The highest BCUT2D eigenvalue weighted by molar-refractivity contribution is 7.16. The first kappa shape index (κ1) is 16.2. The van der Waals surface area contributed by atoms with Gasteiger partial charge < -0.3 is 20.5 Å². The van der Waals surface area contributed by atoms with Crippen LogP contribution in [-0.2, 0) is 4.74 Å². The molecule has 1 heterocycles.